The summed E-state index contributed by atoms with van der Waals surface area (Å²) in [4.78, 5) is 14.4. The van der Waals surface area contributed by atoms with E-state index in [1.165, 1.54) is 31.0 Å². The molecular formula is C21H24F3N3O. The van der Waals surface area contributed by atoms with E-state index in [-0.39, 0.29) is 12.2 Å². The smallest absolute Gasteiger partial charge is 0.376 e. The molecule has 150 valence electrons. The number of hydrogen-bond acceptors (Lipinski definition) is 3. The lowest BCUT2D eigenvalue weighted by atomic mass is 9.99. The fourth-order valence-electron chi connectivity index (χ4n) is 3.29. The van der Waals surface area contributed by atoms with Crippen LogP contribution in [-0.2, 0) is 11.0 Å². The van der Waals surface area contributed by atoms with Gasteiger partial charge in [0.2, 0.25) is 5.91 Å². The van der Waals surface area contributed by atoms with Crippen LogP contribution in [0, 0.1) is 5.92 Å². The Morgan fingerprint density at radius 1 is 1.07 bits per heavy atom. The Morgan fingerprint density at radius 2 is 1.71 bits per heavy atom. The first-order chi connectivity index (χ1) is 13.3. The highest BCUT2D eigenvalue weighted by molar-refractivity contribution is 5.94. The van der Waals surface area contributed by atoms with Gasteiger partial charge < -0.3 is 15.5 Å². The van der Waals surface area contributed by atoms with Crippen molar-refractivity contribution in [1.29, 1.82) is 0 Å². The van der Waals surface area contributed by atoms with E-state index in [0.717, 1.165) is 30.8 Å². The van der Waals surface area contributed by atoms with Gasteiger partial charge in [-0.3, -0.25) is 4.79 Å². The Morgan fingerprint density at radius 3 is 2.36 bits per heavy atom. The minimum Gasteiger partial charge on any atom is -0.376 e. The number of halogens is 3. The summed E-state index contributed by atoms with van der Waals surface area (Å²) in [5.41, 5.74) is 0.829. The highest BCUT2D eigenvalue weighted by Crippen LogP contribution is 2.34. The number of benzene rings is 2. The summed E-state index contributed by atoms with van der Waals surface area (Å²) in [5.74, 6) is 0.348. The molecule has 28 heavy (non-hydrogen) atoms. The van der Waals surface area contributed by atoms with Gasteiger partial charge in [0.05, 0.1) is 12.1 Å². The molecule has 1 aliphatic rings. The first kappa shape index (κ1) is 20.0. The van der Waals surface area contributed by atoms with E-state index in [0.29, 0.717) is 5.69 Å². The van der Waals surface area contributed by atoms with Gasteiger partial charge in [0, 0.05) is 30.2 Å². The Hall–Kier alpha value is -2.70. The molecular weight excluding hydrogens is 367 g/mol. The number of hydrogen-bond donors (Lipinski definition) is 2. The number of amides is 1. The lowest BCUT2D eigenvalue weighted by Crippen LogP contribution is -2.32. The molecule has 3 rings (SSSR count). The lowest BCUT2D eigenvalue weighted by Gasteiger charge is -2.32. The van der Waals surface area contributed by atoms with Crippen LogP contribution in [0.1, 0.15) is 25.3 Å². The van der Waals surface area contributed by atoms with Gasteiger partial charge in [-0.15, -0.1) is 0 Å². The predicted octanol–water partition coefficient (Wildman–Crippen LogP) is 4.99. The SMILES string of the molecule is CC1CCN(c2ccc(NC(=O)CNc3ccccc3C(F)(F)F)cc2)CC1. The number of carbonyl (C=O) groups is 1. The van der Waals surface area contributed by atoms with E-state index in [9.17, 15) is 18.0 Å². The minimum absolute atomic E-state index is 0.111. The van der Waals surface area contributed by atoms with E-state index in [1.54, 1.807) is 0 Å². The summed E-state index contributed by atoms with van der Waals surface area (Å²) in [6, 6.07) is 12.7. The van der Waals surface area contributed by atoms with Crippen molar-refractivity contribution >= 4 is 23.0 Å². The number of nitrogens with one attached hydrogen (secondary N) is 2. The average molecular weight is 391 g/mol. The number of alkyl halides is 3. The molecule has 4 nitrogen and oxygen atoms in total. The number of nitrogens with zero attached hydrogens (tertiary/aromatic N) is 1. The van der Waals surface area contributed by atoms with Crippen LogP contribution >= 0.6 is 0 Å². The van der Waals surface area contributed by atoms with Crippen LogP contribution < -0.4 is 15.5 Å². The van der Waals surface area contributed by atoms with Crippen molar-refractivity contribution in [2.75, 3.05) is 35.2 Å². The van der Waals surface area contributed by atoms with Crippen LogP contribution in [0.25, 0.3) is 0 Å². The van der Waals surface area contributed by atoms with E-state index in [2.05, 4.69) is 22.5 Å². The van der Waals surface area contributed by atoms with Gasteiger partial charge in [0.25, 0.3) is 0 Å². The Labute approximate surface area is 162 Å². The maximum Gasteiger partial charge on any atom is 0.418 e. The Bertz CT molecular complexity index is 797. The van der Waals surface area contributed by atoms with Crippen LogP contribution in [-0.4, -0.2) is 25.5 Å². The molecule has 1 fully saturated rings. The van der Waals surface area contributed by atoms with Crippen LogP contribution in [0.3, 0.4) is 0 Å². The molecule has 0 radical (unpaired) electrons. The van der Waals surface area contributed by atoms with E-state index in [4.69, 9.17) is 0 Å². The predicted molar refractivity (Wildman–Crippen MR) is 106 cm³/mol. The normalized spacial score (nSPS) is 15.4. The summed E-state index contributed by atoms with van der Waals surface area (Å²) < 4.78 is 39.0. The second-order valence-electron chi connectivity index (χ2n) is 7.16. The number of para-hydroxylation sites is 1. The fraction of sp³-hybridized carbons (Fsp3) is 0.381. The average Bonchev–Trinajstić information content (AvgIpc) is 2.67. The molecule has 1 heterocycles. The van der Waals surface area contributed by atoms with Crippen molar-refractivity contribution < 1.29 is 18.0 Å². The van der Waals surface area contributed by atoms with Crippen LogP contribution in [0.4, 0.5) is 30.2 Å². The van der Waals surface area contributed by atoms with Gasteiger partial charge in [0.15, 0.2) is 0 Å². The molecule has 0 unspecified atom stereocenters. The van der Waals surface area contributed by atoms with Crippen molar-refractivity contribution in [2.45, 2.75) is 25.9 Å². The fourth-order valence-corrected chi connectivity index (χ4v) is 3.29. The third kappa shape index (κ3) is 5.18. The first-order valence-electron chi connectivity index (χ1n) is 9.38. The number of carbonyl (C=O) groups excluding carboxylic acids is 1. The van der Waals surface area contributed by atoms with Gasteiger partial charge >= 0.3 is 6.18 Å². The first-order valence-corrected chi connectivity index (χ1v) is 9.38. The molecule has 0 bridgehead atoms. The molecule has 1 saturated heterocycles. The largest absolute Gasteiger partial charge is 0.418 e. The van der Waals surface area contributed by atoms with Gasteiger partial charge in [-0.1, -0.05) is 19.1 Å². The topological polar surface area (TPSA) is 44.4 Å². The Balaban J connectivity index is 1.54. The monoisotopic (exact) mass is 391 g/mol. The molecule has 1 aliphatic heterocycles. The molecule has 0 atom stereocenters. The zero-order chi connectivity index (χ0) is 20.1. The zero-order valence-electron chi connectivity index (χ0n) is 15.7. The number of piperidine rings is 1. The summed E-state index contributed by atoms with van der Waals surface area (Å²) in [7, 11) is 0. The maximum atomic E-state index is 13.0. The van der Waals surface area contributed by atoms with Crippen LogP contribution in [0.5, 0.6) is 0 Å². The highest BCUT2D eigenvalue weighted by atomic mass is 19.4. The molecule has 1 amide bonds. The maximum absolute atomic E-state index is 13.0. The second kappa shape index (κ2) is 8.54. The van der Waals surface area contributed by atoms with Gasteiger partial charge in [-0.2, -0.15) is 13.2 Å². The quantitative estimate of drug-likeness (QED) is 0.755. The summed E-state index contributed by atoms with van der Waals surface area (Å²) in [5, 5.41) is 5.27. The van der Waals surface area contributed by atoms with Crippen molar-refractivity contribution in [1.82, 2.24) is 0 Å². The summed E-state index contributed by atoms with van der Waals surface area (Å²) in [6.45, 7) is 4.06. The van der Waals surface area contributed by atoms with Gasteiger partial charge in [-0.25, -0.2) is 0 Å². The molecule has 0 saturated carbocycles. The Kier molecular flexibility index (Phi) is 6.11. The zero-order valence-corrected chi connectivity index (χ0v) is 15.7. The minimum atomic E-state index is -4.47. The number of anilines is 3. The molecule has 2 N–H and O–H groups in total. The van der Waals surface area contributed by atoms with Crippen molar-refractivity contribution in [2.24, 2.45) is 5.92 Å². The molecule has 0 aromatic heterocycles. The summed E-state index contributed by atoms with van der Waals surface area (Å²) in [6.07, 6.45) is -2.13. The van der Waals surface area contributed by atoms with Crippen LogP contribution in [0.15, 0.2) is 48.5 Å². The molecule has 0 aliphatic carbocycles. The van der Waals surface area contributed by atoms with E-state index < -0.39 is 17.6 Å². The second-order valence-corrected chi connectivity index (χ2v) is 7.16. The molecule has 0 spiro atoms. The third-order valence-electron chi connectivity index (χ3n) is 4.97. The molecule has 2 aromatic rings. The highest BCUT2D eigenvalue weighted by Gasteiger charge is 2.33. The molecule has 2 aromatic carbocycles. The molecule has 7 heteroatoms. The van der Waals surface area contributed by atoms with Crippen LogP contribution in [0.2, 0.25) is 0 Å². The van der Waals surface area contributed by atoms with E-state index >= 15 is 0 Å². The number of rotatable bonds is 5. The van der Waals surface area contributed by atoms with Gasteiger partial charge in [0.1, 0.15) is 0 Å². The van der Waals surface area contributed by atoms with Crippen molar-refractivity contribution in [3.8, 4) is 0 Å². The lowest BCUT2D eigenvalue weighted by molar-refractivity contribution is -0.137. The van der Waals surface area contributed by atoms with Gasteiger partial charge in [-0.05, 0) is 55.2 Å². The van der Waals surface area contributed by atoms with E-state index in [1.807, 2.05) is 24.3 Å². The standard InChI is InChI=1S/C21H24F3N3O/c1-15-10-12-27(13-11-15)17-8-6-16(7-9-17)26-20(28)14-25-19-5-3-2-4-18(19)21(22,23)24/h2-9,15,25H,10-14H2,1H3,(H,26,28). The third-order valence-corrected chi connectivity index (χ3v) is 4.97. The summed E-state index contributed by atoms with van der Waals surface area (Å²) >= 11 is 0. The van der Waals surface area contributed by atoms with Crippen molar-refractivity contribution in [3.63, 3.8) is 0 Å². The van der Waals surface area contributed by atoms with Crippen molar-refractivity contribution in [3.05, 3.63) is 54.1 Å².